The Kier molecular flexibility index (Phi) is 4.90. The van der Waals surface area contributed by atoms with Gasteiger partial charge in [0.15, 0.2) is 5.13 Å². The van der Waals surface area contributed by atoms with E-state index in [2.05, 4.69) is 15.6 Å². The van der Waals surface area contributed by atoms with Crippen molar-refractivity contribution < 1.29 is 14.0 Å². The first-order chi connectivity index (χ1) is 13.6. The number of hydrogen-bond acceptors (Lipinski definition) is 5. The molecular weight excluding hydrogens is 374 g/mol. The third-order valence-electron chi connectivity index (χ3n) is 4.25. The Morgan fingerprint density at radius 1 is 1.07 bits per heavy atom. The average molecular weight is 391 g/mol. The second-order valence-corrected chi connectivity index (χ2v) is 7.13. The highest BCUT2D eigenvalue weighted by atomic mass is 32.1. The van der Waals surface area contributed by atoms with Crippen LogP contribution < -0.4 is 10.6 Å². The predicted octanol–water partition coefficient (Wildman–Crippen LogP) is 4.63. The number of thiazole rings is 1. The van der Waals surface area contributed by atoms with Crippen molar-refractivity contribution in [3.8, 4) is 0 Å². The molecule has 0 fully saturated rings. The lowest BCUT2D eigenvalue weighted by molar-refractivity contribution is -0.115. The van der Waals surface area contributed by atoms with Gasteiger partial charge in [-0.15, -0.1) is 11.3 Å². The number of anilines is 2. The lowest BCUT2D eigenvalue weighted by Crippen LogP contribution is -2.15. The molecule has 0 aliphatic heterocycles. The SMILES string of the molecule is Cc1occc1C(=O)Nc1nc(CC(=O)Nc2ccc3ccccc3c2)cs1. The monoisotopic (exact) mass is 391 g/mol. The first kappa shape index (κ1) is 17.9. The molecule has 28 heavy (non-hydrogen) atoms. The van der Waals surface area contributed by atoms with Crippen molar-refractivity contribution in [2.45, 2.75) is 13.3 Å². The van der Waals surface area contributed by atoms with Crippen molar-refractivity contribution in [3.05, 3.63) is 77.2 Å². The summed E-state index contributed by atoms with van der Waals surface area (Å²) in [6, 6.07) is 15.4. The number of aromatic nitrogens is 1. The van der Waals surface area contributed by atoms with Crippen molar-refractivity contribution >= 4 is 44.7 Å². The summed E-state index contributed by atoms with van der Waals surface area (Å²) in [5, 5.41) is 10.0. The van der Waals surface area contributed by atoms with Gasteiger partial charge in [-0.05, 0) is 35.9 Å². The van der Waals surface area contributed by atoms with Gasteiger partial charge in [-0.25, -0.2) is 4.98 Å². The standard InChI is InChI=1S/C21H17N3O3S/c1-13-18(8-9-27-13)20(26)24-21-23-17(12-28-21)11-19(25)22-16-7-6-14-4-2-3-5-15(14)10-16/h2-10,12H,11H2,1H3,(H,22,25)(H,23,24,26). The molecule has 2 N–H and O–H groups in total. The molecule has 6 nitrogen and oxygen atoms in total. The van der Waals surface area contributed by atoms with E-state index in [9.17, 15) is 9.59 Å². The third kappa shape index (κ3) is 3.94. The van der Waals surface area contributed by atoms with Crippen LogP contribution in [-0.2, 0) is 11.2 Å². The normalized spacial score (nSPS) is 10.8. The molecule has 0 aliphatic carbocycles. The zero-order valence-electron chi connectivity index (χ0n) is 15.1. The van der Waals surface area contributed by atoms with E-state index in [1.807, 2.05) is 42.5 Å². The highest BCUT2D eigenvalue weighted by Crippen LogP contribution is 2.21. The van der Waals surface area contributed by atoms with Crippen LogP contribution in [0.15, 0.2) is 64.6 Å². The summed E-state index contributed by atoms with van der Waals surface area (Å²) < 4.78 is 5.13. The van der Waals surface area contributed by atoms with Gasteiger partial charge in [0.05, 0.1) is 23.9 Å². The Morgan fingerprint density at radius 3 is 2.68 bits per heavy atom. The number of benzene rings is 2. The number of nitrogens with zero attached hydrogens (tertiary/aromatic N) is 1. The topological polar surface area (TPSA) is 84.2 Å². The average Bonchev–Trinajstić information content (AvgIpc) is 3.30. The predicted molar refractivity (Wildman–Crippen MR) is 110 cm³/mol. The minimum Gasteiger partial charge on any atom is -0.469 e. The van der Waals surface area contributed by atoms with E-state index in [0.29, 0.717) is 22.1 Å². The third-order valence-corrected chi connectivity index (χ3v) is 5.06. The van der Waals surface area contributed by atoms with E-state index in [1.165, 1.54) is 17.6 Å². The molecule has 0 saturated heterocycles. The van der Waals surface area contributed by atoms with Crippen LogP contribution in [0.1, 0.15) is 21.8 Å². The summed E-state index contributed by atoms with van der Waals surface area (Å²) in [6.45, 7) is 1.72. The molecule has 2 aromatic heterocycles. The maximum Gasteiger partial charge on any atom is 0.260 e. The number of amides is 2. The van der Waals surface area contributed by atoms with Gasteiger partial charge in [-0.2, -0.15) is 0 Å². The van der Waals surface area contributed by atoms with Crippen LogP contribution in [0.5, 0.6) is 0 Å². The first-order valence-corrected chi connectivity index (χ1v) is 9.55. The number of hydrogen-bond donors (Lipinski definition) is 2. The Balaban J connectivity index is 1.38. The van der Waals surface area contributed by atoms with Gasteiger partial charge in [0.1, 0.15) is 5.76 Å². The molecule has 2 amide bonds. The molecule has 0 atom stereocenters. The molecule has 7 heteroatoms. The molecule has 0 aliphatic rings. The number of furan rings is 1. The van der Waals surface area contributed by atoms with Crippen molar-refractivity contribution in [1.29, 1.82) is 0 Å². The smallest absolute Gasteiger partial charge is 0.260 e. The van der Waals surface area contributed by atoms with Crippen LogP contribution in [0.3, 0.4) is 0 Å². The minimum atomic E-state index is -0.284. The van der Waals surface area contributed by atoms with E-state index in [-0.39, 0.29) is 18.2 Å². The van der Waals surface area contributed by atoms with Gasteiger partial charge in [0.2, 0.25) is 5.91 Å². The van der Waals surface area contributed by atoms with Gasteiger partial charge in [0, 0.05) is 11.1 Å². The van der Waals surface area contributed by atoms with Crippen LogP contribution in [0, 0.1) is 6.92 Å². The van der Waals surface area contributed by atoms with Crippen molar-refractivity contribution in [2.24, 2.45) is 0 Å². The summed E-state index contributed by atoms with van der Waals surface area (Å²) in [5.74, 6) is 0.0981. The molecule has 0 saturated carbocycles. The second kappa shape index (κ2) is 7.66. The van der Waals surface area contributed by atoms with Gasteiger partial charge in [-0.3, -0.25) is 14.9 Å². The molecule has 0 unspecified atom stereocenters. The Labute approximate surface area is 165 Å². The van der Waals surface area contributed by atoms with E-state index in [0.717, 1.165) is 16.5 Å². The van der Waals surface area contributed by atoms with Crippen molar-refractivity contribution in [2.75, 3.05) is 10.6 Å². The Morgan fingerprint density at radius 2 is 1.89 bits per heavy atom. The van der Waals surface area contributed by atoms with Gasteiger partial charge < -0.3 is 9.73 Å². The summed E-state index contributed by atoms with van der Waals surface area (Å²) >= 11 is 1.28. The number of aryl methyl sites for hydroxylation is 1. The molecule has 2 heterocycles. The highest BCUT2D eigenvalue weighted by Gasteiger charge is 2.14. The lowest BCUT2D eigenvalue weighted by Gasteiger charge is -2.06. The number of carbonyl (C=O) groups is 2. The van der Waals surface area contributed by atoms with E-state index in [1.54, 1.807) is 18.4 Å². The first-order valence-electron chi connectivity index (χ1n) is 8.67. The van der Waals surface area contributed by atoms with Gasteiger partial charge >= 0.3 is 0 Å². The number of fused-ring (bicyclic) bond motifs is 1. The van der Waals surface area contributed by atoms with Crippen LogP contribution in [0.2, 0.25) is 0 Å². The maximum absolute atomic E-state index is 12.3. The number of carbonyl (C=O) groups excluding carboxylic acids is 2. The summed E-state index contributed by atoms with van der Waals surface area (Å²) in [4.78, 5) is 28.8. The van der Waals surface area contributed by atoms with E-state index < -0.39 is 0 Å². The fourth-order valence-electron chi connectivity index (χ4n) is 2.87. The van der Waals surface area contributed by atoms with Crippen molar-refractivity contribution in [1.82, 2.24) is 4.98 Å². The number of nitrogens with one attached hydrogen (secondary N) is 2. The van der Waals surface area contributed by atoms with Crippen LogP contribution >= 0.6 is 11.3 Å². The Bertz CT molecular complexity index is 1160. The molecular formula is C21H17N3O3S. The van der Waals surface area contributed by atoms with Gasteiger partial charge in [0.25, 0.3) is 5.91 Å². The summed E-state index contributed by atoms with van der Waals surface area (Å²) in [6.07, 6.45) is 1.60. The number of rotatable bonds is 5. The summed E-state index contributed by atoms with van der Waals surface area (Å²) in [5.41, 5.74) is 1.80. The molecule has 2 aromatic carbocycles. The Hall–Kier alpha value is -3.45. The quantitative estimate of drug-likeness (QED) is 0.519. The lowest BCUT2D eigenvalue weighted by atomic mass is 10.1. The molecule has 4 rings (SSSR count). The van der Waals surface area contributed by atoms with E-state index in [4.69, 9.17) is 4.42 Å². The van der Waals surface area contributed by atoms with Crippen LogP contribution in [-0.4, -0.2) is 16.8 Å². The summed E-state index contributed by atoms with van der Waals surface area (Å²) in [7, 11) is 0. The van der Waals surface area contributed by atoms with Crippen LogP contribution in [0.25, 0.3) is 10.8 Å². The zero-order valence-corrected chi connectivity index (χ0v) is 15.9. The minimum absolute atomic E-state index is 0.129. The molecule has 0 spiro atoms. The second-order valence-electron chi connectivity index (χ2n) is 6.28. The maximum atomic E-state index is 12.3. The fourth-order valence-corrected chi connectivity index (χ4v) is 3.57. The van der Waals surface area contributed by atoms with Crippen molar-refractivity contribution in [3.63, 3.8) is 0 Å². The van der Waals surface area contributed by atoms with E-state index >= 15 is 0 Å². The molecule has 4 aromatic rings. The fraction of sp³-hybridized carbons (Fsp3) is 0.0952. The molecule has 0 radical (unpaired) electrons. The largest absolute Gasteiger partial charge is 0.469 e. The molecule has 140 valence electrons. The highest BCUT2D eigenvalue weighted by molar-refractivity contribution is 7.14. The van der Waals surface area contributed by atoms with Gasteiger partial charge in [-0.1, -0.05) is 30.3 Å². The zero-order chi connectivity index (χ0) is 19.5. The molecule has 0 bridgehead atoms. The van der Waals surface area contributed by atoms with Crippen LogP contribution in [0.4, 0.5) is 10.8 Å².